The standard InChI is InChI=1S/C16H14FN3OS2/c1-9(2)15-19-20-16(23-15)18-14(21)13-8-7-12(22-13)10-5-3-4-6-11(10)17/h3-9H,1-2H3,(H,18,20,21). The van der Waals surface area contributed by atoms with Gasteiger partial charge in [0.05, 0.1) is 4.88 Å². The highest BCUT2D eigenvalue weighted by molar-refractivity contribution is 7.18. The van der Waals surface area contributed by atoms with Gasteiger partial charge in [0, 0.05) is 16.4 Å². The van der Waals surface area contributed by atoms with Crippen molar-refractivity contribution in [1.82, 2.24) is 10.2 Å². The van der Waals surface area contributed by atoms with E-state index in [2.05, 4.69) is 15.5 Å². The Hall–Kier alpha value is -2.12. The number of amides is 1. The molecular formula is C16H14FN3OS2. The quantitative estimate of drug-likeness (QED) is 0.739. The molecule has 1 amide bonds. The Labute approximate surface area is 141 Å². The van der Waals surface area contributed by atoms with E-state index in [4.69, 9.17) is 0 Å². The van der Waals surface area contributed by atoms with Gasteiger partial charge < -0.3 is 0 Å². The van der Waals surface area contributed by atoms with Crippen molar-refractivity contribution in [1.29, 1.82) is 0 Å². The first-order valence-corrected chi connectivity index (χ1v) is 8.67. The molecule has 0 saturated carbocycles. The van der Waals surface area contributed by atoms with Gasteiger partial charge in [-0.05, 0) is 18.2 Å². The summed E-state index contributed by atoms with van der Waals surface area (Å²) in [4.78, 5) is 13.5. The Bertz CT molecular complexity index is 841. The maximum Gasteiger partial charge on any atom is 0.267 e. The molecule has 0 radical (unpaired) electrons. The van der Waals surface area contributed by atoms with E-state index in [0.29, 0.717) is 20.4 Å². The zero-order valence-corrected chi connectivity index (χ0v) is 14.2. The van der Waals surface area contributed by atoms with Gasteiger partial charge in [0.1, 0.15) is 10.8 Å². The van der Waals surface area contributed by atoms with Crippen molar-refractivity contribution < 1.29 is 9.18 Å². The molecule has 2 aromatic heterocycles. The first kappa shape index (κ1) is 15.8. The van der Waals surface area contributed by atoms with Gasteiger partial charge in [-0.2, -0.15) is 0 Å². The van der Waals surface area contributed by atoms with Crippen molar-refractivity contribution in [2.45, 2.75) is 19.8 Å². The number of hydrogen-bond acceptors (Lipinski definition) is 5. The highest BCUT2D eigenvalue weighted by atomic mass is 32.1. The number of carbonyl (C=O) groups is 1. The summed E-state index contributed by atoms with van der Waals surface area (Å²) < 4.78 is 13.8. The summed E-state index contributed by atoms with van der Waals surface area (Å²) in [6, 6.07) is 9.95. The molecule has 7 heteroatoms. The van der Waals surface area contributed by atoms with Crippen LogP contribution < -0.4 is 5.32 Å². The lowest BCUT2D eigenvalue weighted by atomic mass is 10.2. The zero-order valence-electron chi connectivity index (χ0n) is 12.5. The van der Waals surface area contributed by atoms with E-state index in [1.165, 1.54) is 28.7 Å². The molecule has 0 aliphatic rings. The number of anilines is 1. The molecule has 4 nitrogen and oxygen atoms in total. The number of aromatic nitrogens is 2. The van der Waals surface area contributed by atoms with Gasteiger partial charge in [-0.25, -0.2) is 4.39 Å². The number of benzene rings is 1. The molecule has 0 saturated heterocycles. The number of hydrogen-bond donors (Lipinski definition) is 1. The maximum atomic E-state index is 13.8. The number of carbonyl (C=O) groups excluding carboxylic acids is 1. The maximum absolute atomic E-state index is 13.8. The Kier molecular flexibility index (Phi) is 4.49. The van der Waals surface area contributed by atoms with Crippen LogP contribution in [-0.4, -0.2) is 16.1 Å². The van der Waals surface area contributed by atoms with Crippen molar-refractivity contribution in [2.24, 2.45) is 0 Å². The summed E-state index contributed by atoms with van der Waals surface area (Å²) in [6.07, 6.45) is 0. The van der Waals surface area contributed by atoms with Crippen molar-refractivity contribution in [3.05, 3.63) is 52.1 Å². The molecule has 0 aliphatic heterocycles. The molecule has 0 bridgehead atoms. The van der Waals surface area contributed by atoms with Crippen LogP contribution in [0.1, 0.15) is 34.4 Å². The van der Waals surface area contributed by atoms with Gasteiger partial charge in [-0.15, -0.1) is 21.5 Å². The number of nitrogens with one attached hydrogen (secondary N) is 1. The highest BCUT2D eigenvalue weighted by Gasteiger charge is 2.15. The van der Waals surface area contributed by atoms with Crippen LogP contribution in [0.25, 0.3) is 10.4 Å². The smallest absolute Gasteiger partial charge is 0.267 e. The van der Waals surface area contributed by atoms with E-state index in [1.807, 2.05) is 13.8 Å². The minimum atomic E-state index is -0.299. The van der Waals surface area contributed by atoms with Crippen LogP contribution in [-0.2, 0) is 0 Å². The molecule has 0 atom stereocenters. The fraction of sp³-hybridized carbons (Fsp3) is 0.188. The predicted molar refractivity (Wildman–Crippen MR) is 91.7 cm³/mol. The first-order chi connectivity index (χ1) is 11.0. The van der Waals surface area contributed by atoms with Crippen molar-refractivity contribution >= 4 is 33.7 Å². The number of thiophene rings is 1. The molecular weight excluding hydrogens is 333 g/mol. The van der Waals surface area contributed by atoms with Crippen LogP contribution in [0.3, 0.4) is 0 Å². The fourth-order valence-corrected chi connectivity index (χ4v) is 3.61. The van der Waals surface area contributed by atoms with Gasteiger partial charge in [0.15, 0.2) is 0 Å². The number of rotatable bonds is 4. The van der Waals surface area contributed by atoms with Crippen molar-refractivity contribution in [2.75, 3.05) is 5.32 Å². The molecule has 3 aromatic rings. The number of halogens is 1. The molecule has 0 spiro atoms. The minimum Gasteiger partial charge on any atom is -0.296 e. The van der Waals surface area contributed by atoms with Gasteiger partial charge >= 0.3 is 0 Å². The van der Waals surface area contributed by atoms with Gasteiger partial charge in [0.2, 0.25) is 5.13 Å². The molecule has 1 N–H and O–H groups in total. The van der Waals surface area contributed by atoms with Crippen molar-refractivity contribution in [3.8, 4) is 10.4 Å². The Morgan fingerprint density at radius 1 is 1.13 bits per heavy atom. The van der Waals surface area contributed by atoms with E-state index in [-0.39, 0.29) is 17.6 Å². The van der Waals surface area contributed by atoms with E-state index in [0.717, 1.165) is 5.01 Å². The van der Waals surface area contributed by atoms with Gasteiger partial charge in [-0.1, -0.05) is 43.4 Å². The van der Waals surface area contributed by atoms with E-state index >= 15 is 0 Å². The molecule has 23 heavy (non-hydrogen) atoms. The summed E-state index contributed by atoms with van der Waals surface area (Å²) in [6.45, 7) is 4.04. The molecule has 1 aromatic carbocycles. The molecule has 0 fully saturated rings. The van der Waals surface area contributed by atoms with Gasteiger partial charge in [0.25, 0.3) is 5.91 Å². The highest BCUT2D eigenvalue weighted by Crippen LogP contribution is 2.31. The molecule has 3 rings (SSSR count). The lowest BCUT2D eigenvalue weighted by Crippen LogP contribution is -2.09. The second-order valence-electron chi connectivity index (χ2n) is 5.20. The van der Waals surface area contributed by atoms with Crippen LogP contribution in [0.4, 0.5) is 9.52 Å². The van der Waals surface area contributed by atoms with Crippen LogP contribution in [0.5, 0.6) is 0 Å². The average molecular weight is 347 g/mol. The Morgan fingerprint density at radius 3 is 2.61 bits per heavy atom. The van der Waals surface area contributed by atoms with E-state index in [9.17, 15) is 9.18 Å². The third kappa shape index (κ3) is 3.46. The second kappa shape index (κ2) is 6.55. The lowest BCUT2D eigenvalue weighted by molar-refractivity contribution is 0.103. The van der Waals surface area contributed by atoms with E-state index < -0.39 is 0 Å². The summed E-state index contributed by atoms with van der Waals surface area (Å²) in [5.41, 5.74) is 0.495. The largest absolute Gasteiger partial charge is 0.296 e. The van der Waals surface area contributed by atoms with Crippen LogP contribution in [0.2, 0.25) is 0 Å². The minimum absolute atomic E-state index is 0.260. The zero-order chi connectivity index (χ0) is 16.4. The fourth-order valence-electron chi connectivity index (χ4n) is 1.94. The molecule has 2 heterocycles. The lowest BCUT2D eigenvalue weighted by Gasteiger charge is -1.99. The summed E-state index contributed by atoms with van der Waals surface area (Å²) in [5, 5.41) is 12.1. The van der Waals surface area contributed by atoms with Crippen LogP contribution >= 0.6 is 22.7 Å². The van der Waals surface area contributed by atoms with Crippen LogP contribution in [0, 0.1) is 5.82 Å². The van der Waals surface area contributed by atoms with Crippen molar-refractivity contribution in [3.63, 3.8) is 0 Å². The predicted octanol–water partition coefficient (Wildman–Crippen LogP) is 4.78. The SMILES string of the molecule is CC(C)c1nnc(NC(=O)c2ccc(-c3ccccc3F)s2)s1. The second-order valence-corrected chi connectivity index (χ2v) is 7.29. The summed E-state index contributed by atoms with van der Waals surface area (Å²) in [5.74, 6) is -0.288. The summed E-state index contributed by atoms with van der Waals surface area (Å²) >= 11 is 2.61. The average Bonchev–Trinajstić information content (AvgIpc) is 3.16. The topological polar surface area (TPSA) is 54.9 Å². The third-order valence-electron chi connectivity index (χ3n) is 3.12. The van der Waals surface area contributed by atoms with Crippen LogP contribution in [0.15, 0.2) is 36.4 Å². The third-order valence-corrected chi connectivity index (χ3v) is 5.38. The Morgan fingerprint density at radius 2 is 1.91 bits per heavy atom. The molecule has 118 valence electrons. The molecule has 0 aliphatic carbocycles. The monoisotopic (exact) mass is 347 g/mol. The Balaban J connectivity index is 1.77. The molecule has 0 unspecified atom stereocenters. The first-order valence-electron chi connectivity index (χ1n) is 7.04. The normalized spacial score (nSPS) is 11.0. The van der Waals surface area contributed by atoms with E-state index in [1.54, 1.807) is 30.3 Å². The summed E-state index contributed by atoms with van der Waals surface area (Å²) in [7, 11) is 0. The number of nitrogens with zero attached hydrogens (tertiary/aromatic N) is 2. The van der Waals surface area contributed by atoms with Gasteiger partial charge in [-0.3, -0.25) is 10.1 Å².